The van der Waals surface area contributed by atoms with Gasteiger partial charge in [-0.2, -0.15) is 0 Å². The molecule has 0 saturated carbocycles. The average molecular weight is 422 g/mol. The average Bonchev–Trinajstić information content (AvgIpc) is 3.00. The van der Waals surface area contributed by atoms with Crippen LogP contribution in [-0.2, 0) is 21.5 Å². The van der Waals surface area contributed by atoms with Gasteiger partial charge < -0.3 is 10.6 Å². The summed E-state index contributed by atoms with van der Waals surface area (Å²) in [5.41, 5.74) is 0.399. The van der Waals surface area contributed by atoms with Crippen LogP contribution < -0.4 is 10.6 Å². The van der Waals surface area contributed by atoms with Crippen molar-refractivity contribution in [3.05, 3.63) is 71.8 Å². The van der Waals surface area contributed by atoms with Crippen LogP contribution in [0.4, 0.5) is 4.79 Å². The van der Waals surface area contributed by atoms with E-state index in [0.717, 1.165) is 36.1 Å². The van der Waals surface area contributed by atoms with Crippen molar-refractivity contribution in [2.75, 3.05) is 6.54 Å². The second-order valence-corrected chi connectivity index (χ2v) is 8.22. The smallest absolute Gasteiger partial charge is 0.325 e. The number of urea groups is 1. The van der Waals surface area contributed by atoms with Gasteiger partial charge in [0, 0.05) is 12.5 Å². The maximum atomic E-state index is 13.5. The summed E-state index contributed by atoms with van der Waals surface area (Å²) in [6.45, 7) is 3.80. The van der Waals surface area contributed by atoms with E-state index in [0.29, 0.717) is 12.0 Å². The van der Waals surface area contributed by atoms with E-state index in [9.17, 15) is 14.4 Å². The fraction of sp³-hybridized carbons (Fsp3) is 0.400. The van der Waals surface area contributed by atoms with Gasteiger partial charge >= 0.3 is 6.03 Å². The molecule has 0 radical (unpaired) electrons. The van der Waals surface area contributed by atoms with Gasteiger partial charge in [-0.3, -0.25) is 14.5 Å². The van der Waals surface area contributed by atoms with Gasteiger partial charge in [-0.15, -0.1) is 0 Å². The van der Waals surface area contributed by atoms with E-state index >= 15 is 0 Å². The van der Waals surface area contributed by atoms with Crippen LogP contribution in [0.1, 0.15) is 50.7 Å². The highest BCUT2D eigenvalue weighted by molar-refractivity contribution is 6.09. The second kappa shape index (κ2) is 10.2. The molecule has 6 heteroatoms. The zero-order valence-corrected chi connectivity index (χ0v) is 18.3. The first-order chi connectivity index (χ1) is 15.0. The van der Waals surface area contributed by atoms with E-state index in [-0.39, 0.29) is 18.5 Å². The molecule has 3 rings (SSSR count). The minimum atomic E-state index is -1.23. The molecule has 2 atom stereocenters. The Bertz CT molecular complexity index is 901. The molecule has 0 unspecified atom stereocenters. The summed E-state index contributed by atoms with van der Waals surface area (Å²) in [5, 5.41) is 5.80. The van der Waals surface area contributed by atoms with E-state index in [2.05, 4.69) is 17.6 Å². The highest BCUT2D eigenvalue weighted by atomic mass is 16.2. The van der Waals surface area contributed by atoms with Gasteiger partial charge in [-0.25, -0.2) is 4.79 Å². The molecule has 4 amide bonds. The van der Waals surface area contributed by atoms with Crippen LogP contribution in [0.2, 0.25) is 0 Å². The molecule has 2 aromatic carbocycles. The van der Waals surface area contributed by atoms with Crippen molar-refractivity contribution in [1.29, 1.82) is 0 Å². The molecule has 1 fully saturated rings. The van der Waals surface area contributed by atoms with Gasteiger partial charge in [0.2, 0.25) is 5.91 Å². The van der Waals surface area contributed by atoms with Gasteiger partial charge in [0.25, 0.3) is 5.91 Å². The van der Waals surface area contributed by atoms with Crippen molar-refractivity contribution in [2.24, 2.45) is 0 Å². The van der Waals surface area contributed by atoms with Crippen molar-refractivity contribution in [1.82, 2.24) is 15.5 Å². The summed E-state index contributed by atoms with van der Waals surface area (Å²) in [4.78, 5) is 39.9. The number of hydrogen-bond donors (Lipinski definition) is 2. The van der Waals surface area contributed by atoms with Crippen molar-refractivity contribution in [2.45, 2.75) is 57.5 Å². The number of amides is 4. The number of unbranched alkanes of at least 4 members (excludes halogenated alkanes) is 2. The number of carbonyl (C=O) groups excluding carboxylic acids is 3. The number of imide groups is 1. The Kier molecular flexibility index (Phi) is 7.45. The lowest BCUT2D eigenvalue weighted by molar-refractivity contribution is -0.135. The van der Waals surface area contributed by atoms with Crippen molar-refractivity contribution < 1.29 is 14.4 Å². The maximum absolute atomic E-state index is 13.5. The van der Waals surface area contributed by atoms with E-state index in [1.807, 2.05) is 67.6 Å². The Balaban J connectivity index is 1.78. The number of rotatable bonds is 10. The minimum Gasteiger partial charge on any atom is -0.352 e. The first kappa shape index (κ1) is 22.5. The van der Waals surface area contributed by atoms with E-state index in [1.54, 1.807) is 0 Å². The lowest BCUT2D eigenvalue weighted by Crippen LogP contribution is -2.47. The van der Waals surface area contributed by atoms with Crippen molar-refractivity contribution in [3.63, 3.8) is 0 Å². The molecule has 2 aromatic rings. The number of hydrogen-bond acceptors (Lipinski definition) is 3. The SMILES string of the molecule is CCCCC[C@H](C)NC(=O)CN1C(=O)N[C@](Cc2ccccc2)(c2ccccc2)C1=O. The molecule has 0 aliphatic carbocycles. The standard InChI is InChI=1S/C25H31N3O3/c1-3-4-7-12-19(2)26-22(29)18-28-23(30)25(27-24(28)31,21-15-10-6-11-16-21)17-20-13-8-5-9-14-20/h5-6,8-11,13-16,19H,3-4,7,12,17-18H2,1-2H3,(H,26,29)(H,27,31)/t19-,25+/m0/s1. The van der Waals surface area contributed by atoms with Crippen LogP contribution in [0.5, 0.6) is 0 Å². The molecule has 1 aliphatic heterocycles. The van der Waals surface area contributed by atoms with E-state index in [1.165, 1.54) is 0 Å². The molecule has 1 saturated heterocycles. The number of nitrogens with one attached hydrogen (secondary N) is 2. The number of benzene rings is 2. The Morgan fingerprint density at radius 3 is 2.32 bits per heavy atom. The Morgan fingerprint density at radius 2 is 1.68 bits per heavy atom. The fourth-order valence-electron chi connectivity index (χ4n) is 4.05. The molecule has 1 aliphatic rings. The van der Waals surface area contributed by atoms with Crippen molar-refractivity contribution in [3.8, 4) is 0 Å². The summed E-state index contributed by atoms with van der Waals surface area (Å²) < 4.78 is 0. The minimum absolute atomic E-state index is 0.00279. The summed E-state index contributed by atoms with van der Waals surface area (Å²) in [5.74, 6) is -0.725. The molecule has 2 N–H and O–H groups in total. The predicted octanol–water partition coefficient (Wildman–Crippen LogP) is 3.76. The van der Waals surface area contributed by atoms with Crippen LogP contribution in [0.25, 0.3) is 0 Å². The van der Waals surface area contributed by atoms with Gasteiger partial charge in [-0.05, 0) is 24.5 Å². The predicted molar refractivity (Wildman–Crippen MR) is 120 cm³/mol. The topological polar surface area (TPSA) is 78.5 Å². The molecule has 0 bridgehead atoms. The Labute approximate surface area is 184 Å². The normalized spacial score (nSPS) is 19.2. The van der Waals surface area contributed by atoms with Crippen LogP contribution in [0.3, 0.4) is 0 Å². The zero-order chi connectivity index (χ0) is 22.3. The monoisotopic (exact) mass is 421 g/mol. The Hall–Kier alpha value is -3.15. The third-order valence-electron chi connectivity index (χ3n) is 5.70. The summed E-state index contributed by atoms with van der Waals surface area (Å²) >= 11 is 0. The highest BCUT2D eigenvalue weighted by Crippen LogP contribution is 2.32. The highest BCUT2D eigenvalue weighted by Gasteiger charge is 2.52. The van der Waals surface area contributed by atoms with Gasteiger partial charge in [0.15, 0.2) is 5.54 Å². The van der Waals surface area contributed by atoms with Gasteiger partial charge in [-0.1, -0.05) is 86.8 Å². The fourth-order valence-corrected chi connectivity index (χ4v) is 4.05. The lowest BCUT2D eigenvalue weighted by Gasteiger charge is -2.27. The largest absolute Gasteiger partial charge is 0.352 e. The Morgan fingerprint density at radius 1 is 1.03 bits per heavy atom. The van der Waals surface area contributed by atoms with Crippen LogP contribution in [0, 0.1) is 0 Å². The third-order valence-corrected chi connectivity index (χ3v) is 5.70. The zero-order valence-electron chi connectivity index (χ0n) is 18.3. The van der Waals surface area contributed by atoms with Gasteiger partial charge in [0.1, 0.15) is 6.54 Å². The molecular weight excluding hydrogens is 390 g/mol. The maximum Gasteiger partial charge on any atom is 0.325 e. The van der Waals surface area contributed by atoms with Crippen molar-refractivity contribution >= 4 is 17.8 Å². The summed E-state index contributed by atoms with van der Waals surface area (Å²) in [7, 11) is 0. The van der Waals surface area contributed by atoms with Crippen LogP contribution >= 0.6 is 0 Å². The van der Waals surface area contributed by atoms with Gasteiger partial charge in [0.05, 0.1) is 0 Å². The first-order valence-corrected chi connectivity index (χ1v) is 11.0. The summed E-state index contributed by atoms with van der Waals surface area (Å²) in [6, 6.07) is 18.3. The quantitative estimate of drug-likeness (QED) is 0.453. The molecule has 0 spiro atoms. The molecule has 6 nitrogen and oxygen atoms in total. The molecular formula is C25H31N3O3. The van der Waals surface area contributed by atoms with Crippen LogP contribution in [0.15, 0.2) is 60.7 Å². The molecule has 164 valence electrons. The molecule has 31 heavy (non-hydrogen) atoms. The first-order valence-electron chi connectivity index (χ1n) is 11.0. The summed E-state index contributed by atoms with van der Waals surface area (Å²) in [6.07, 6.45) is 4.46. The van der Waals surface area contributed by atoms with Crippen LogP contribution in [-0.4, -0.2) is 35.3 Å². The van der Waals surface area contributed by atoms with E-state index < -0.39 is 17.5 Å². The molecule has 1 heterocycles. The van der Waals surface area contributed by atoms with E-state index in [4.69, 9.17) is 0 Å². The third kappa shape index (κ3) is 5.32. The number of carbonyl (C=O) groups is 3. The lowest BCUT2D eigenvalue weighted by atomic mass is 9.83. The molecule has 0 aromatic heterocycles. The number of nitrogens with zero attached hydrogens (tertiary/aromatic N) is 1. The second-order valence-electron chi connectivity index (χ2n) is 8.22.